The van der Waals surface area contributed by atoms with E-state index in [0.717, 1.165) is 11.4 Å². The SMILES string of the molecule is N=Cc1cc(-c2ccccc2[N+](=O)[O-])ccc1Nc1ccccc1. The van der Waals surface area contributed by atoms with Crippen molar-refractivity contribution in [3.05, 3.63) is 88.5 Å². The molecule has 0 aliphatic rings. The van der Waals surface area contributed by atoms with Crippen LogP contribution in [0.1, 0.15) is 5.56 Å². The van der Waals surface area contributed by atoms with Gasteiger partial charge < -0.3 is 10.7 Å². The van der Waals surface area contributed by atoms with E-state index in [1.165, 1.54) is 12.3 Å². The standard InChI is InChI=1S/C19H15N3O2/c20-13-15-12-14(17-8-4-5-9-19(17)22(23)24)10-11-18(15)21-16-6-2-1-3-7-16/h1-13,20-21H. The Morgan fingerprint density at radius 3 is 2.38 bits per heavy atom. The van der Waals surface area contributed by atoms with E-state index in [2.05, 4.69) is 5.32 Å². The topological polar surface area (TPSA) is 79.0 Å². The summed E-state index contributed by atoms with van der Waals surface area (Å²) in [6.45, 7) is 0. The average Bonchev–Trinajstić information content (AvgIpc) is 2.63. The van der Waals surface area contributed by atoms with Crippen LogP contribution >= 0.6 is 0 Å². The predicted molar refractivity (Wildman–Crippen MR) is 96.1 cm³/mol. The van der Waals surface area contributed by atoms with Gasteiger partial charge in [-0.05, 0) is 35.9 Å². The molecule has 2 N–H and O–H groups in total. The van der Waals surface area contributed by atoms with Crippen LogP contribution in [0.2, 0.25) is 0 Å². The molecular formula is C19H15N3O2. The molecule has 118 valence electrons. The molecule has 0 amide bonds. The Morgan fingerprint density at radius 1 is 0.958 bits per heavy atom. The second-order valence-electron chi connectivity index (χ2n) is 5.21. The second-order valence-corrected chi connectivity index (χ2v) is 5.21. The third kappa shape index (κ3) is 3.15. The van der Waals surface area contributed by atoms with Gasteiger partial charge in [-0.2, -0.15) is 0 Å². The Balaban J connectivity index is 2.01. The summed E-state index contributed by atoms with van der Waals surface area (Å²) in [6, 6.07) is 21.7. The molecule has 0 atom stereocenters. The minimum Gasteiger partial charge on any atom is -0.355 e. The minimum absolute atomic E-state index is 0.0530. The first kappa shape index (κ1) is 15.4. The molecule has 3 rings (SSSR count). The van der Waals surface area contributed by atoms with Crippen LogP contribution in [0.4, 0.5) is 17.1 Å². The summed E-state index contributed by atoms with van der Waals surface area (Å²) < 4.78 is 0. The minimum atomic E-state index is -0.393. The number of nitro benzene ring substituents is 1. The number of nitrogens with zero attached hydrogens (tertiary/aromatic N) is 1. The molecule has 0 saturated heterocycles. The van der Waals surface area contributed by atoms with E-state index in [0.29, 0.717) is 16.7 Å². The van der Waals surface area contributed by atoms with Gasteiger partial charge in [-0.1, -0.05) is 36.4 Å². The normalized spacial score (nSPS) is 10.2. The fraction of sp³-hybridized carbons (Fsp3) is 0. The van der Waals surface area contributed by atoms with Gasteiger partial charge >= 0.3 is 0 Å². The fourth-order valence-electron chi connectivity index (χ4n) is 2.52. The lowest BCUT2D eigenvalue weighted by molar-refractivity contribution is -0.384. The van der Waals surface area contributed by atoms with E-state index < -0.39 is 4.92 Å². The molecule has 3 aromatic carbocycles. The molecule has 5 nitrogen and oxygen atoms in total. The molecular weight excluding hydrogens is 302 g/mol. The van der Waals surface area contributed by atoms with Crippen molar-refractivity contribution in [1.82, 2.24) is 0 Å². The van der Waals surface area contributed by atoms with Crippen molar-refractivity contribution in [1.29, 1.82) is 5.41 Å². The number of hydrogen-bond acceptors (Lipinski definition) is 4. The molecule has 0 bridgehead atoms. The van der Waals surface area contributed by atoms with Gasteiger partial charge in [0.2, 0.25) is 0 Å². The molecule has 0 saturated carbocycles. The highest BCUT2D eigenvalue weighted by Crippen LogP contribution is 2.32. The van der Waals surface area contributed by atoms with Gasteiger partial charge in [0, 0.05) is 29.2 Å². The van der Waals surface area contributed by atoms with Crippen LogP contribution in [-0.4, -0.2) is 11.1 Å². The van der Waals surface area contributed by atoms with Crippen LogP contribution < -0.4 is 5.32 Å². The van der Waals surface area contributed by atoms with Crippen molar-refractivity contribution in [3.63, 3.8) is 0 Å². The summed E-state index contributed by atoms with van der Waals surface area (Å²) in [6.07, 6.45) is 1.24. The van der Waals surface area contributed by atoms with Gasteiger partial charge in [-0.3, -0.25) is 10.1 Å². The Labute approximate surface area is 139 Å². The van der Waals surface area contributed by atoms with Crippen LogP contribution in [-0.2, 0) is 0 Å². The molecule has 0 fully saturated rings. The number of hydrogen-bond donors (Lipinski definition) is 2. The van der Waals surface area contributed by atoms with Crippen molar-refractivity contribution in [2.45, 2.75) is 0 Å². The first-order valence-electron chi connectivity index (χ1n) is 7.39. The van der Waals surface area contributed by atoms with Gasteiger partial charge in [0.05, 0.1) is 10.5 Å². The molecule has 0 aliphatic heterocycles. The van der Waals surface area contributed by atoms with Crippen LogP contribution in [0.15, 0.2) is 72.8 Å². The van der Waals surface area contributed by atoms with Crippen LogP contribution in [0.25, 0.3) is 11.1 Å². The van der Waals surface area contributed by atoms with Crippen molar-refractivity contribution in [3.8, 4) is 11.1 Å². The molecule has 3 aromatic rings. The molecule has 0 aromatic heterocycles. The van der Waals surface area contributed by atoms with E-state index in [1.54, 1.807) is 24.3 Å². The van der Waals surface area contributed by atoms with Gasteiger partial charge in [-0.15, -0.1) is 0 Å². The molecule has 0 aliphatic carbocycles. The fourth-order valence-corrected chi connectivity index (χ4v) is 2.52. The second kappa shape index (κ2) is 6.75. The van der Waals surface area contributed by atoms with E-state index in [-0.39, 0.29) is 5.69 Å². The molecule has 0 heterocycles. The van der Waals surface area contributed by atoms with Crippen molar-refractivity contribution >= 4 is 23.3 Å². The lowest BCUT2D eigenvalue weighted by atomic mass is 10.0. The van der Waals surface area contributed by atoms with E-state index in [4.69, 9.17) is 5.41 Å². The van der Waals surface area contributed by atoms with Gasteiger partial charge in [-0.25, -0.2) is 0 Å². The number of nitro groups is 1. The van der Waals surface area contributed by atoms with Gasteiger partial charge in [0.15, 0.2) is 0 Å². The Hall–Kier alpha value is -3.47. The lowest BCUT2D eigenvalue weighted by Gasteiger charge is -2.11. The average molecular weight is 317 g/mol. The first-order valence-corrected chi connectivity index (χ1v) is 7.39. The number of nitrogens with one attached hydrogen (secondary N) is 2. The van der Waals surface area contributed by atoms with Crippen LogP contribution in [0.5, 0.6) is 0 Å². The summed E-state index contributed by atoms with van der Waals surface area (Å²) in [7, 11) is 0. The highest BCUT2D eigenvalue weighted by molar-refractivity contribution is 5.90. The largest absolute Gasteiger partial charge is 0.355 e. The number of rotatable bonds is 5. The predicted octanol–water partition coefficient (Wildman–Crippen LogP) is 5.00. The summed E-state index contributed by atoms with van der Waals surface area (Å²) >= 11 is 0. The summed E-state index contributed by atoms with van der Waals surface area (Å²) in [5.74, 6) is 0. The molecule has 0 spiro atoms. The third-order valence-corrected chi connectivity index (χ3v) is 3.67. The first-order chi connectivity index (χ1) is 11.7. The maximum atomic E-state index is 11.2. The van der Waals surface area contributed by atoms with Crippen LogP contribution in [0, 0.1) is 15.5 Å². The molecule has 0 unspecified atom stereocenters. The highest BCUT2D eigenvalue weighted by Gasteiger charge is 2.15. The van der Waals surface area contributed by atoms with Crippen molar-refractivity contribution < 1.29 is 4.92 Å². The van der Waals surface area contributed by atoms with Crippen molar-refractivity contribution in [2.24, 2.45) is 0 Å². The van der Waals surface area contributed by atoms with Crippen molar-refractivity contribution in [2.75, 3.05) is 5.32 Å². The summed E-state index contributed by atoms with van der Waals surface area (Å²) in [4.78, 5) is 10.8. The lowest BCUT2D eigenvalue weighted by Crippen LogP contribution is -1.97. The van der Waals surface area contributed by atoms with Gasteiger partial charge in [0.25, 0.3) is 5.69 Å². The van der Waals surface area contributed by atoms with E-state index in [9.17, 15) is 10.1 Å². The zero-order valence-electron chi connectivity index (χ0n) is 12.8. The maximum absolute atomic E-state index is 11.2. The Bertz CT molecular complexity index is 892. The number of anilines is 2. The zero-order chi connectivity index (χ0) is 16.9. The van der Waals surface area contributed by atoms with E-state index >= 15 is 0 Å². The number of benzene rings is 3. The molecule has 0 radical (unpaired) electrons. The quantitative estimate of drug-likeness (QED) is 0.394. The van der Waals surface area contributed by atoms with Crippen LogP contribution in [0.3, 0.4) is 0 Å². The third-order valence-electron chi connectivity index (χ3n) is 3.67. The monoisotopic (exact) mass is 317 g/mol. The summed E-state index contributed by atoms with van der Waals surface area (Å²) in [5, 5.41) is 22.1. The molecule has 24 heavy (non-hydrogen) atoms. The smallest absolute Gasteiger partial charge is 0.277 e. The Morgan fingerprint density at radius 2 is 1.67 bits per heavy atom. The van der Waals surface area contributed by atoms with Gasteiger partial charge in [0.1, 0.15) is 0 Å². The maximum Gasteiger partial charge on any atom is 0.277 e. The van der Waals surface area contributed by atoms with E-state index in [1.807, 2.05) is 42.5 Å². The Kier molecular flexibility index (Phi) is 4.34. The zero-order valence-corrected chi connectivity index (χ0v) is 12.8. The summed E-state index contributed by atoms with van der Waals surface area (Å²) in [5.41, 5.74) is 3.65. The highest BCUT2D eigenvalue weighted by atomic mass is 16.6. The number of para-hydroxylation sites is 2. The molecule has 5 heteroatoms.